The Bertz CT molecular complexity index is 2020. The maximum Gasteiger partial charge on any atom is 0.355 e. The van der Waals surface area contributed by atoms with Crippen LogP contribution in [0.25, 0.3) is 32.8 Å². The van der Waals surface area contributed by atoms with Crippen LogP contribution >= 0.6 is 0 Å². The molecule has 262 valence electrons. The molecule has 0 N–H and O–H groups in total. The Balaban J connectivity index is 1.30. The van der Waals surface area contributed by atoms with E-state index in [0.29, 0.717) is 80.3 Å². The number of hydrogen-bond acceptors (Lipinski definition) is 7. The first-order valence-electron chi connectivity index (χ1n) is 17.7. The molecule has 2 aliphatic heterocycles. The number of ether oxygens (including phenoxy) is 4. The van der Waals surface area contributed by atoms with Gasteiger partial charge in [-0.3, -0.25) is 9.58 Å². The highest BCUT2D eigenvalue weighted by Crippen LogP contribution is 2.42. The first-order valence-corrected chi connectivity index (χ1v) is 17.7. The van der Waals surface area contributed by atoms with Crippen molar-refractivity contribution in [1.82, 2.24) is 19.2 Å². The average Bonchev–Trinajstić information content (AvgIpc) is 3.59. The van der Waals surface area contributed by atoms with E-state index < -0.39 is 5.97 Å². The molecule has 2 aliphatic rings. The Kier molecular flexibility index (Phi) is 10.3. The maximum atomic E-state index is 16.5. The van der Waals surface area contributed by atoms with E-state index in [1.54, 1.807) is 17.7 Å². The van der Waals surface area contributed by atoms with Gasteiger partial charge in [0.05, 0.1) is 44.2 Å². The molecule has 50 heavy (non-hydrogen) atoms. The van der Waals surface area contributed by atoms with Gasteiger partial charge in [-0.25, -0.2) is 9.18 Å². The molecular weight excluding hydrogens is 635 g/mol. The van der Waals surface area contributed by atoms with Gasteiger partial charge in [0, 0.05) is 60.8 Å². The fourth-order valence-electron chi connectivity index (χ4n) is 7.36. The summed E-state index contributed by atoms with van der Waals surface area (Å²) >= 11 is 0. The van der Waals surface area contributed by atoms with Gasteiger partial charge in [-0.2, -0.15) is 5.10 Å². The molecule has 4 heterocycles. The molecule has 7 rings (SSSR count). The lowest BCUT2D eigenvalue weighted by molar-refractivity contribution is 0.0176. The number of rotatable bonds is 10. The molecule has 0 bridgehead atoms. The van der Waals surface area contributed by atoms with Crippen molar-refractivity contribution in [2.24, 2.45) is 7.05 Å². The van der Waals surface area contributed by atoms with Crippen LogP contribution < -0.4 is 4.74 Å². The lowest BCUT2D eigenvalue weighted by Gasteiger charge is -2.28. The van der Waals surface area contributed by atoms with E-state index in [-0.39, 0.29) is 18.5 Å². The van der Waals surface area contributed by atoms with Crippen molar-refractivity contribution in [3.63, 3.8) is 0 Å². The first-order chi connectivity index (χ1) is 24.5. The monoisotopic (exact) mass is 680 g/mol. The summed E-state index contributed by atoms with van der Waals surface area (Å²) in [6.45, 7) is 9.14. The van der Waals surface area contributed by atoms with Crippen molar-refractivity contribution < 1.29 is 28.1 Å². The topological polar surface area (TPSA) is 80.0 Å². The number of nitrogens with zero attached hydrogens (tertiary/aromatic N) is 4. The van der Waals surface area contributed by atoms with Gasteiger partial charge < -0.3 is 23.5 Å². The predicted molar refractivity (Wildman–Crippen MR) is 192 cm³/mol. The van der Waals surface area contributed by atoms with Crippen molar-refractivity contribution in [3.05, 3.63) is 95.2 Å². The van der Waals surface area contributed by atoms with Crippen LogP contribution in [-0.2, 0) is 34.2 Å². The van der Waals surface area contributed by atoms with E-state index in [1.165, 1.54) is 6.07 Å². The standard InChI is InChI=1S/C40H45FN4O5/c1-4-48-40(46)39-30(14-10-24-49-33-15-9-12-28-11-5-6-13-29(28)33)31-16-17-32(41)36-35-27(2)43(3)42-37(35)34(18-20-44-21-25-47-26-22-44)50-23-8-7-19-45(39)38(31)36/h5-9,11-13,15-17,34H,4,10,14,18-26H2,1-3H3/b8-7-. The van der Waals surface area contributed by atoms with Gasteiger partial charge in [0.25, 0.3) is 0 Å². The zero-order valence-corrected chi connectivity index (χ0v) is 29.1. The summed E-state index contributed by atoms with van der Waals surface area (Å²) in [4.78, 5) is 16.2. The largest absolute Gasteiger partial charge is 0.493 e. The lowest BCUT2D eigenvalue weighted by Crippen LogP contribution is -2.37. The second-order valence-corrected chi connectivity index (χ2v) is 12.9. The number of morpholine rings is 1. The third-order valence-electron chi connectivity index (χ3n) is 9.90. The van der Waals surface area contributed by atoms with Crippen LogP contribution in [0.15, 0.2) is 66.7 Å². The van der Waals surface area contributed by atoms with Crippen molar-refractivity contribution >= 4 is 27.6 Å². The number of hydrogen-bond donors (Lipinski definition) is 0. The average molecular weight is 681 g/mol. The van der Waals surface area contributed by atoms with Crippen LogP contribution in [0.4, 0.5) is 4.39 Å². The molecule has 1 atom stereocenters. The normalized spacial score (nSPS) is 17.4. The van der Waals surface area contributed by atoms with E-state index >= 15 is 4.39 Å². The van der Waals surface area contributed by atoms with E-state index in [1.807, 2.05) is 55.0 Å². The predicted octanol–water partition coefficient (Wildman–Crippen LogP) is 7.18. The van der Waals surface area contributed by atoms with E-state index in [4.69, 9.17) is 24.0 Å². The molecule has 0 spiro atoms. The highest BCUT2D eigenvalue weighted by Gasteiger charge is 2.32. The minimum atomic E-state index is -0.425. The van der Waals surface area contributed by atoms with Crippen molar-refractivity contribution in [2.75, 3.05) is 52.7 Å². The van der Waals surface area contributed by atoms with Gasteiger partial charge in [-0.05, 0) is 62.3 Å². The molecule has 5 aromatic rings. The zero-order chi connectivity index (χ0) is 34.6. The van der Waals surface area contributed by atoms with Gasteiger partial charge in [0.1, 0.15) is 23.4 Å². The first kappa shape index (κ1) is 34.0. The molecule has 10 heteroatoms. The molecule has 1 unspecified atom stereocenters. The number of fused-ring (bicyclic) bond motifs is 3. The molecule has 1 fully saturated rings. The van der Waals surface area contributed by atoms with Crippen LogP contribution in [0.3, 0.4) is 0 Å². The highest BCUT2D eigenvalue weighted by molar-refractivity contribution is 6.05. The molecule has 0 amide bonds. The summed E-state index contributed by atoms with van der Waals surface area (Å²) in [7, 11) is 1.88. The smallest absolute Gasteiger partial charge is 0.355 e. The summed E-state index contributed by atoms with van der Waals surface area (Å²) in [5, 5.41) is 7.94. The second-order valence-electron chi connectivity index (χ2n) is 12.9. The number of aryl methyl sites for hydroxylation is 2. The molecular formula is C40H45FN4O5. The van der Waals surface area contributed by atoms with Crippen molar-refractivity contribution in [2.45, 2.75) is 45.8 Å². The van der Waals surface area contributed by atoms with E-state index in [9.17, 15) is 4.79 Å². The summed E-state index contributed by atoms with van der Waals surface area (Å²) < 4.78 is 44.2. The quantitative estimate of drug-likeness (QED) is 0.0879. The van der Waals surface area contributed by atoms with Gasteiger partial charge in [-0.15, -0.1) is 0 Å². The third-order valence-corrected chi connectivity index (χ3v) is 9.90. The number of allylic oxidation sites excluding steroid dienone is 1. The van der Waals surface area contributed by atoms with Gasteiger partial charge in [0.2, 0.25) is 0 Å². The van der Waals surface area contributed by atoms with Gasteiger partial charge in [0.15, 0.2) is 0 Å². The van der Waals surface area contributed by atoms with Crippen molar-refractivity contribution in [3.8, 4) is 16.9 Å². The molecule has 0 radical (unpaired) electrons. The molecule has 0 aliphatic carbocycles. The number of benzene rings is 3. The molecule has 1 saturated heterocycles. The molecule has 3 aromatic carbocycles. The lowest BCUT2D eigenvalue weighted by atomic mass is 9.95. The fraction of sp³-hybridized carbons (Fsp3) is 0.400. The maximum absolute atomic E-state index is 16.5. The number of carbonyl (C=O) groups excluding carboxylic acids is 1. The van der Waals surface area contributed by atoms with Crippen LogP contribution in [-0.4, -0.2) is 77.9 Å². The minimum Gasteiger partial charge on any atom is -0.493 e. The van der Waals surface area contributed by atoms with Crippen LogP contribution in [0.5, 0.6) is 5.75 Å². The Morgan fingerprint density at radius 1 is 1.02 bits per heavy atom. The highest BCUT2D eigenvalue weighted by atomic mass is 19.1. The Morgan fingerprint density at radius 3 is 2.68 bits per heavy atom. The molecule has 0 saturated carbocycles. The van der Waals surface area contributed by atoms with Gasteiger partial charge >= 0.3 is 5.97 Å². The summed E-state index contributed by atoms with van der Waals surface area (Å²) in [6.07, 6.45) is 5.49. The Hall–Kier alpha value is -4.51. The van der Waals surface area contributed by atoms with Crippen LogP contribution in [0.2, 0.25) is 0 Å². The van der Waals surface area contributed by atoms with Crippen LogP contribution in [0, 0.1) is 12.7 Å². The summed E-state index contributed by atoms with van der Waals surface area (Å²) in [5.74, 6) is 0.0288. The third kappa shape index (κ3) is 6.67. The number of carbonyl (C=O) groups is 1. The zero-order valence-electron chi connectivity index (χ0n) is 29.1. The number of aromatic nitrogens is 3. The SMILES string of the molecule is CCOC(=O)c1c(CCCOc2cccc3ccccc23)c2ccc(F)c3c2n1C/C=C\COC(CCN1CCOCC1)c1nn(C)c(C)c1-3. The van der Waals surface area contributed by atoms with E-state index in [0.717, 1.165) is 52.8 Å². The van der Waals surface area contributed by atoms with Crippen molar-refractivity contribution in [1.29, 1.82) is 0 Å². The second kappa shape index (κ2) is 15.2. The van der Waals surface area contributed by atoms with Gasteiger partial charge in [-0.1, -0.05) is 48.6 Å². The summed E-state index contributed by atoms with van der Waals surface area (Å²) in [5.41, 5.74) is 4.61. The Morgan fingerprint density at radius 2 is 1.84 bits per heavy atom. The Labute approximate surface area is 292 Å². The number of esters is 1. The van der Waals surface area contributed by atoms with E-state index in [2.05, 4.69) is 23.1 Å². The molecule has 9 nitrogen and oxygen atoms in total. The minimum absolute atomic E-state index is 0.228. The molecule has 2 aromatic heterocycles. The van der Waals surface area contributed by atoms with Crippen LogP contribution in [0.1, 0.15) is 53.3 Å². The summed E-state index contributed by atoms with van der Waals surface area (Å²) in [6, 6.07) is 17.5. The fourth-order valence-corrected chi connectivity index (χ4v) is 7.36. The number of halogens is 1.